The zero-order valence-electron chi connectivity index (χ0n) is 54.9. The van der Waals surface area contributed by atoms with E-state index < -0.39 is 82.4 Å². The number of methoxy groups -OCH3 is 3. The molecule has 2 N–H and O–H groups in total. The molecule has 0 saturated carbocycles. The predicted molar refractivity (Wildman–Crippen MR) is 342 cm³/mol. The number of hydrogen-bond acceptors (Lipinski definition) is 16. The zero-order chi connectivity index (χ0) is 67.4. The Kier molecular flexibility index (Phi) is 28.1. The number of nitro groups is 1. The highest BCUT2D eigenvalue weighted by molar-refractivity contribution is 6.13. The van der Waals surface area contributed by atoms with Crippen molar-refractivity contribution < 1.29 is 67.1 Å². The molecule has 0 unspecified atom stereocenters. The molecule has 23 heteroatoms. The number of imide groups is 1. The molecule has 3 aromatic carbocycles. The Morgan fingerprint density at radius 3 is 2.01 bits per heavy atom. The van der Waals surface area contributed by atoms with Gasteiger partial charge in [-0.05, 0) is 92.2 Å². The summed E-state index contributed by atoms with van der Waals surface area (Å²) < 4.78 is 17.2. The molecule has 0 aromatic heterocycles. The van der Waals surface area contributed by atoms with Crippen LogP contribution in [-0.4, -0.2) is 168 Å². The number of esters is 1. The molecule has 1 fully saturated rings. The third-order valence-electron chi connectivity index (χ3n) is 17.7. The van der Waals surface area contributed by atoms with E-state index in [0.29, 0.717) is 62.8 Å². The van der Waals surface area contributed by atoms with Gasteiger partial charge in [0.2, 0.25) is 17.7 Å². The smallest absolute Gasteiger partial charge is 0.309 e. The Morgan fingerprint density at radius 1 is 0.780 bits per heavy atom. The minimum absolute atomic E-state index is 0.0604. The van der Waals surface area contributed by atoms with E-state index in [0.717, 1.165) is 16.5 Å². The Hall–Kier alpha value is -8.31. The van der Waals surface area contributed by atoms with Gasteiger partial charge in [-0.15, -0.1) is 0 Å². The highest BCUT2D eigenvalue weighted by Gasteiger charge is 2.44. The number of carbonyl (C=O) groups is 10. The fraction of sp³-hybridized carbons (Fsp3) is 0.544. The number of ketones is 2. The van der Waals surface area contributed by atoms with Crippen LogP contribution >= 0.6 is 0 Å². The first-order chi connectivity index (χ1) is 43.2. The molecule has 1 saturated heterocycles. The Balaban J connectivity index is 1.20. The molecule has 0 radical (unpaired) electrons. The highest BCUT2D eigenvalue weighted by atomic mass is 16.6. The van der Waals surface area contributed by atoms with Crippen LogP contribution in [0.25, 0.3) is 0 Å². The van der Waals surface area contributed by atoms with E-state index in [2.05, 4.69) is 15.8 Å². The highest BCUT2D eigenvalue weighted by Crippen LogP contribution is 2.33. The fourth-order valence-electron chi connectivity index (χ4n) is 12.3. The van der Waals surface area contributed by atoms with E-state index >= 15 is 0 Å². The number of Topliss-reactive ketones (excluding diaryl/α,β-unsaturated/α-hetero) is 2. The molecule has 23 nitrogen and oxygen atoms in total. The van der Waals surface area contributed by atoms with Crippen molar-refractivity contribution in [3.63, 3.8) is 0 Å². The average Bonchev–Trinajstić information content (AvgIpc) is 1.81. The lowest BCUT2D eigenvalue weighted by Crippen LogP contribution is -2.54. The fourth-order valence-corrected chi connectivity index (χ4v) is 12.3. The Labute approximate surface area is 534 Å². The number of nitrogens with zero attached hydrogens (tertiary/aromatic N) is 6. The van der Waals surface area contributed by atoms with E-state index in [1.807, 2.05) is 71.9 Å². The van der Waals surface area contributed by atoms with Crippen LogP contribution in [0.2, 0.25) is 0 Å². The molecule has 0 aliphatic carbocycles. The molecular formula is C68H92N8O15. The minimum Gasteiger partial charge on any atom is -0.469 e. The van der Waals surface area contributed by atoms with Crippen LogP contribution in [0.15, 0.2) is 90.0 Å². The van der Waals surface area contributed by atoms with E-state index in [4.69, 9.17) is 14.2 Å². The van der Waals surface area contributed by atoms with Crippen LogP contribution < -0.4 is 10.7 Å². The van der Waals surface area contributed by atoms with Crippen molar-refractivity contribution in [3.8, 4) is 0 Å². The maximum Gasteiger partial charge on any atom is 0.309 e. The first-order valence-corrected chi connectivity index (χ1v) is 31.3. The summed E-state index contributed by atoms with van der Waals surface area (Å²) in [7, 11) is 7.55. The first kappa shape index (κ1) is 73.4. The second-order valence-corrected chi connectivity index (χ2v) is 24.5. The molecule has 0 spiro atoms. The van der Waals surface area contributed by atoms with Crippen LogP contribution in [0.5, 0.6) is 0 Å². The van der Waals surface area contributed by atoms with Crippen LogP contribution in [0.3, 0.4) is 0 Å². The number of amides is 7. The lowest BCUT2D eigenvalue weighted by atomic mass is 9.83. The maximum atomic E-state index is 14.9. The summed E-state index contributed by atoms with van der Waals surface area (Å²) in [6.45, 7) is 15.4. The number of nitrogens with one attached hydrogen (secondary N) is 2. The molecule has 9 atom stereocenters. The monoisotopic (exact) mass is 1260 g/mol. The molecule has 7 amide bonds. The SMILES string of the molecule is CC[C@H](C)[C@@H]([C@@H](CC(=O)N1CCC[C@H]1[C@H](OC)[C@@H](C)C(=O)C[C@@H](Cc1ccccc1)C(=O)OC)OC)N(C)C(=O)[C@@H](CC(=O)[C@H](C(C)C)N(C)C(=O)c1ccc(/C(C)=N/NC(=O)c2ccc(NC(=O)CCCCCN3C(=O)C=CC3=O)cc2[N+](=O)[O-])cc1)C(C)C. The summed E-state index contributed by atoms with van der Waals surface area (Å²) in [4.78, 5) is 152. The van der Waals surface area contributed by atoms with Crippen LogP contribution in [0, 0.1) is 45.6 Å². The van der Waals surface area contributed by atoms with Gasteiger partial charge in [0, 0.05) is 102 Å². The largest absolute Gasteiger partial charge is 0.469 e. The third kappa shape index (κ3) is 19.6. The molecule has 91 heavy (non-hydrogen) atoms. The number of likely N-dealkylation sites (N-methyl/N-ethyl adjacent to an activating group) is 2. The molecule has 2 aliphatic rings. The molecule has 2 heterocycles. The maximum absolute atomic E-state index is 14.9. The van der Waals surface area contributed by atoms with Crippen molar-refractivity contribution >= 4 is 76.0 Å². The number of rotatable bonds is 35. The third-order valence-corrected chi connectivity index (χ3v) is 17.7. The minimum atomic E-state index is -0.928. The predicted octanol–water partition coefficient (Wildman–Crippen LogP) is 8.41. The molecule has 2 aliphatic heterocycles. The molecule has 5 rings (SSSR count). The summed E-state index contributed by atoms with van der Waals surface area (Å²) in [6, 6.07) is 17.4. The second kappa shape index (κ2) is 34.8. The number of nitro benzene ring substituents is 1. The lowest BCUT2D eigenvalue weighted by molar-refractivity contribution is -0.385. The molecule has 3 aromatic rings. The van der Waals surface area contributed by atoms with Crippen LogP contribution in [-0.2, 0) is 59.0 Å². The Morgan fingerprint density at radius 2 is 1.43 bits per heavy atom. The first-order valence-electron chi connectivity index (χ1n) is 31.3. The number of anilines is 1. The second-order valence-electron chi connectivity index (χ2n) is 24.5. The van der Waals surface area contributed by atoms with Gasteiger partial charge < -0.3 is 34.2 Å². The van der Waals surface area contributed by atoms with Crippen molar-refractivity contribution in [2.24, 2.45) is 40.6 Å². The van der Waals surface area contributed by atoms with Gasteiger partial charge in [0.05, 0.1) is 60.4 Å². The van der Waals surface area contributed by atoms with Crippen molar-refractivity contribution in [3.05, 3.63) is 117 Å². The van der Waals surface area contributed by atoms with Gasteiger partial charge in [-0.25, -0.2) is 5.43 Å². The number of hydrazone groups is 1. The average molecular weight is 1260 g/mol. The standard InChI is InChI=1S/C68H92N8O15/c1-14-43(6)63(57(89-11)40-61(82)74-35-21-24-53(74)64(90-12)44(7)55(77)37-49(68(86)91-13)36-46-22-17-15-18-23-46)73(10)67(85)52(41(2)3)39-56(78)62(42(4)5)72(9)66(84)48-28-26-47(27-29-48)45(8)70-71-65(83)51-31-30-50(38-54(51)76(87)88)69-58(79)25-19-16-20-34-75-59(80)32-33-60(75)81/h15,17-18,22-23,26-33,38,41-44,49,52-53,57,62-64H,14,16,19-21,24-25,34-37,39-40H2,1-13H3,(H,69,79)(H,71,83)/b70-45+/t43-,44-,49+,52-,53-,57+,62-,63-,64+/m0/s1. The van der Waals surface area contributed by atoms with E-state index in [1.54, 1.807) is 55.0 Å². The molecular weight excluding hydrogens is 1170 g/mol. The number of hydrogen-bond donors (Lipinski definition) is 2. The van der Waals surface area contributed by atoms with E-state index in [-0.39, 0.29) is 102 Å². The summed E-state index contributed by atoms with van der Waals surface area (Å²) >= 11 is 0. The summed E-state index contributed by atoms with van der Waals surface area (Å²) in [5, 5.41) is 18.8. The number of unbranched alkanes of at least 4 members (excludes halogenated alkanes) is 2. The lowest BCUT2D eigenvalue weighted by Gasteiger charge is -2.41. The van der Waals surface area contributed by atoms with Crippen LogP contribution in [0.1, 0.15) is 151 Å². The van der Waals surface area contributed by atoms with Gasteiger partial charge in [-0.2, -0.15) is 5.10 Å². The van der Waals surface area contributed by atoms with Gasteiger partial charge in [-0.3, -0.25) is 63.0 Å². The number of benzene rings is 3. The van der Waals surface area contributed by atoms with Crippen molar-refractivity contribution in [2.75, 3.05) is 53.8 Å². The normalized spacial score (nSPS) is 16.8. The number of likely N-dealkylation sites (tertiary alicyclic amines) is 1. The van der Waals surface area contributed by atoms with Crippen molar-refractivity contribution in [1.29, 1.82) is 0 Å². The summed E-state index contributed by atoms with van der Waals surface area (Å²) in [5.41, 5.74) is 3.49. The van der Waals surface area contributed by atoms with Gasteiger partial charge in [-0.1, -0.05) is 104 Å². The van der Waals surface area contributed by atoms with Gasteiger partial charge >= 0.3 is 5.97 Å². The number of ether oxygens (including phenoxy) is 3. The van der Waals surface area contributed by atoms with Gasteiger partial charge in [0.1, 0.15) is 11.3 Å². The van der Waals surface area contributed by atoms with Crippen molar-refractivity contribution in [1.82, 2.24) is 25.0 Å². The van der Waals surface area contributed by atoms with E-state index in [1.165, 1.54) is 57.6 Å². The zero-order valence-corrected chi connectivity index (χ0v) is 54.9. The van der Waals surface area contributed by atoms with Crippen molar-refractivity contribution in [2.45, 2.75) is 156 Å². The molecule has 494 valence electrons. The quantitative estimate of drug-likeness (QED) is 0.0139. The number of carbonyl (C=O) groups excluding carboxylic acids is 10. The summed E-state index contributed by atoms with van der Waals surface area (Å²) in [5.74, 6) is -7.03. The van der Waals surface area contributed by atoms with Gasteiger partial charge in [0.15, 0.2) is 5.78 Å². The van der Waals surface area contributed by atoms with Crippen LogP contribution in [0.4, 0.5) is 11.4 Å². The topological polar surface area (TPSA) is 291 Å². The molecule has 0 bridgehead atoms. The van der Waals surface area contributed by atoms with Gasteiger partial charge in [0.25, 0.3) is 29.3 Å². The Bertz CT molecular complexity index is 3130. The summed E-state index contributed by atoms with van der Waals surface area (Å²) in [6.07, 6.45) is 4.47. The van der Waals surface area contributed by atoms with E-state index in [9.17, 15) is 58.1 Å².